The van der Waals surface area contributed by atoms with Gasteiger partial charge in [-0.05, 0) is 17.7 Å². The van der Waals surface area contributed by atoms with Crippen molar-refractivity contribution in [1.29, 1.82) is 0 Å². The first-order valence-electron chi connectivity index (χ1n) is 11.0. The third-order valence-corrected chi connectivity index (χ3v) is 5.54. The number of aromatic amines is 1. The van der Waals surface area contributed by atoms with Gasteiger partial charge in [0.05, 0.1) is 18.8 Å². The maximum absolute atomic E-state index is 13.0. The summed E-state index contributed by atoms with van der Waals surface area (Å²) in [4.78, 5) is 67.9. The molecule has 4 unspecified atom stereocenters. The largest absolute Gasteiger partial charge is 0.508 e. The molecule has 0 saturated heterocycles. The second kappa shape index (κ2) is 13.8. The van der Waals surface area contributed by atoms with Crippen LogP contribution in [0.4, 0.5) is 0 Å². The minimum Gasteiger partial charge on any atom is -0.508 e. The van der Waals surface area contributed by atoms with Crippen molar-refractivity contribution in [2.75, 3.05) is 5.75 Å². The molecule has 0 saturated carbocycles. The van der Waals surface area contributed by atoms with Crippen LogP contribution in [0.2, 0.25) is 0 Å². The van der Waals surface area contributed by atoms with Gasteiger partial charge in [-0.15, -0.1) is 0 Å². The SMILES string of the molecule is NC(CS)C(=O)NC(Cc1cnc[nH]1)C(=O)NC(CC(=O)O)C(=O)NC(Cc1ccc(O)cc1)C(=O)O. The average molecular weight is 537 g/mol. The average Bonchev–Trinajstić information content (AvgIpc) is 3.36. The van der Waals surface area contributed by atoms with Crippen LogP contribution in [0.5, 0.6) is 5.75 Å². The Bertz CT molecular complexity index is 1100. The van der Waals surface area contributed by atoms with Gasteiger partial charge in [0.2, 0.25) is 17.7 Å². The zero-order valence-electron chi connectivity index (χ0n) is 19.5. The van der Waals surface area contributed by atoms with Crippen LogP contribution in [-0.4, -0.2) is 84.9 Å². The van der Waals surface area contributed by atoms with Crippen molar-refractivity contribution < 1.29 is 39.3 Å². The third kappa shape index (κ3) is 9.46. The molecule has 14 nitrogen and oxygen atoms in total. The molecule has 3 amide bonds. The van der Waals surface area contributed by atoms with Crippen molar-refractivity contribution >= 4 is 42.3 Å². The van der Waals surface area contributed by atoms with Crippen molar-refractivity contribution in [3.05, 3.63) is 48.0 Å². The number of nitrogens with two attached hydrogens (primary N) is 1. The molecule has 2 aromatic rings. The van der Waals surface area contributed by atoms with Crippen molar-refractivity contribution in [2.24, 2.45) is 5.73 Å². The number of thiol groups is 1. The number of nitrogens with zero attached hydrogens (tertiary/aromatic N) is 1. The molecule has 0 radical (unpaired) electrons. The number of hydrogen-bond donors (Lipinski definition) is 9. The van der Waals surface area contributed by atoms with E-state index in [9.17, 15) is 39.3 Å². The molecule has 0 spiro atoms. The van der Waals surface area contributed by atoms with Gasteiger partial charge in [0.15, 0.2) is 0 Å². The molecule has 9 N–H and O–H groups in total. The zero-order valence-corrected chi connectivity index (χ0v) is 20.4. The van der Waals surface area contributed by atoms with E-state index < -0.39 is 60.2 Å². The Morgan fingerprint density at radius 2 is 1.51 bits per heavy atom. The van der Waals surface area contributed by atoms with Crippen LogP contribution in [-0.2, 0) is 36.8 Å². The summed E-state index contributed by atoms with van der Waals surface area (Å²) in [6.45, 7) is 0. The van der Waals surface area contributed by atoms with Gasteiger partial charge >= 0.3 is 11.9 Å². The quantitative estimate of drug-likeness (QED) is 0.122. The fourth-order valence-corrected chi connectivity index (χ4v) is 3.35. The van der Waals surface area contributed by atoms with E-state index in [1.807, 2.05) is 0 Å². The van der Waals surface area contributed by atoms with E-state index in [0.29, 0.717) is 11.3 Å². The Labute approximate surface area is 216 Å². The molecule has 4 atom stereocenters. The molecular formula is C22H28N6O8S. The fourth-order valence-electron chi connectivity index (χ4n) is 3.18. The molecule has 1 heterocycles. The highest BCUT2D eigenvalue weighted by Gasteiger charge is 2.32. The number of phenolic OH excluding ortho intramolecular Hbond substituents is 1. The zero-order chi connectivity index (χ0) is 27.5. The fraction of sp³-hybridized carbons (Fsp3) is 0.364. The summed E-state index contributed by atoms with van der Waals surface area (Å²) in [6.07, 6.45) is 1.65. The van der Waals surface area contributed by atoms with Crippen LogP contribution >= 0.6 is 12.6 Å². The summed E-state index contributed by atoms with van der Waals surface area (Å²) in [5.74, 6) is -5.53. The summed E-state index contributed by atoms with van der Waals surface area (Å²) in [6, 6.07) is 0.197. The maximum atomic E-state index is 13.0. The van der Waals surface area contributed by atoms with Gasteiger partial charge < -0.3 is 42.0 Å². The number of amides is 3. The summed E-state index contributed by atoms with van der Waals surface area (Å²) >= 11 is 3.95. The number of carboxylic acid groups (broad SMARTS) is 2. The highest BCUT2D eigenvalue weighted by Crippen LogP contribution is 2.12. The van der Waals surface area contributed by atoms with Crippen LogP contribution < -0.4 is 21.7 Å². The molecule has 1 aromatic carbocycles. The van der Waals surface area contributed by atoms with Crippen LogP contribution in [0, 0.1) is 0 Å². The number of aliphatic carboxylic acids is 2. The van der Waals surface area contributed by atoms with Crippen LogP contribution in [0.3, 0.4) is 0 Å². The van der Waals surface area contributed by atoms with E-state index in [2.05, 4.69) is 38.5 Å². The highest BCUT2D eigenvalue weighted by atomic mass is 32.1. The number of carbonyl (C=O) groups excluding carboxylic acids is 3. The lowest BCUT2D eigenvalue weighted by Gasteiger charge is -2.24. The lowest BCUT2D eigenvalue weighted by molar-refractivity contribution is -0.143. The van der Waals surface area contributed by atoms with E-state index in [4.69, 9.17) is 5.73 Å². The summed E-state index contributed by atoms with van der Waals surface area (Å²) < 4.78 is 0. The number of rotatable bonds is 14. The molecule has 0 aliphatic heterocycles. The second-order valence-corrected chi connectivity index (χ2v) is 8.43. The molecule has 0 aliphatic rings. The first kappa shape index (κ1) is 29.1. The summed E-state index contributed by atoms with van der Waals surface area (Å²) in [7, 11) is 0. The minimum absolute atomic E-state index is 0.00805. The van der Waals surface area contributed by atoms with Gasteiger partial charge in [-0.2, -0.15) is 12.6 Å². The van der Waals surface area contributed by atoms with E-state index >= 15 is 0 Å². The summed E-state index contributed by atoms with van der Waals surface area (Å²) in [5, 5.41) is 35.1. The van der Waals surface area contributed by atoms with Crippen molar-refractivity contribution in [3.63, 3.8) is 0 Å². The number of hydrogen-bond acceptors (Lipinski definition) is 9. The molecule has 0 bridgehead atoms. The number of carbonyl (C=O) groups is 5. The van der Waals surface area contributed by atoms with Crippen LogP contribution in [0.25, 0.3) is 0 Å². The van der Waals surface area contributed by atoms with E-state index in [0.717, 1.165) is 0 Å². The van der Waals surface area contributed by atoms with Crippen molar-refractivity contribution in [2.45, 2.75) is 43.4 Å². The Morgan fingerprint density at radius 3 is 2.05 bits per heavy atom. The number of aromatic nitrogens is 2. The van der Waals surface area contributed by atoms with E-state index in [1.165, 1.54) is 36.8 Å². The number of imidazole rings is 1. The molecule has 0 aliphatic carbocycles. The molecule has 2 rings (SSSR count). The molecule has 200 valence electrons. The molecular weight excluding hydrogens is 508 g/mol. The highest BCUT2D eigenvalue weighted by molar-refractivity contribution is 7.80. The van der Waals surface area contributed by atoms with E-state index in [1.54, 1.807) is 0 Å². The smallest absolute Gasteiger partial charge is 0.326 e. The molecule has 15 heteroatoms. The monoisotopic (exact) mass is 536 g/mol. The Morgan fingerprint density at radius 1 is 0.919 bits per heavy atom. The number of benzene rings is 1. The summed E-state index contributed by atoms with van der Waals surface area (Å²) in [5.41, 5.74) is 6.59. The first-order valence-corrected chi connectivity index (χ1v) is 11.6. The Kier molecular flexibility index (Phi) is 10.9. The number of nitrogens with one attached hydrogen (secondary N) is 4. The number of phenols is 1. The van der Waals surface area contributed by atoms with Gasteiger partial charge in [-0.25, -0.2) is 9.78 Å². The number of carboxylic acids is 2. The third-order valence-electron chi connectivity index (χ3n) is 5.15. The standard InChI is InChI=1S/C22H28N6O8S/c23-14(9-37)19(32)26-15(6-12-8-24-10-25-12)20(33)27-16(7-18(30)31)21(34)28-17(22(35)36)5-11-1-3-13(29)4-2-11/h1-4,8,10,14-17,29,37H,5-7,9,23H2,(H,24,25)(H,26,32)(H,27,33)(H,28,34)(H,30,31)(H,35,36). The van der Waals surface area contributed by atoms with Gasteiger partial charge in [0, 0.05) is 30.5 Å². The molecule has 0 fully saturated rings. The Hall–Kier alpha value is -4.11. The van der Waals surface area contributed by atoms with Crippen molar-refractivity contribution in [1.82, 2.24) is 25.9 Å². The topological polar surface area (TPSA) is 237 Å². The van der Waals surface area contributed by atoms with Crippen LogP contribution in [0.15, 0.2) is 36.8 Å². The van der Waals surface area contributed by atoms with Gasteiger partial charge in [0.1, 0.15) is 23.9 Å². The van der Waals surface area contributed by atoms with Crippen LogP contribution in [0.1, 0.15) is 17.7 Å². The molecule has 37 heavy (non-hydrogen) atoms. The first-order chi connectivity index (χ1) is 17.5. The normalized spacial score (nSPS) is 14.0. The van der Waals surface area contributed by atoms with Gasteiger partial charge in [0.25, 0.3) is 0 Å². The van der Waals surface area contributed by atoms with Gasteiger partial charge in [-0.3, -0.25) is 19.2 Å². The van der Waals surface area contributed by atoms with E-state index in [-0.39, 0.29) is 24.3 Å². The lowest BCUT2D eigenvalue weighted by Crippen LogP contribution is -2.58. The molecule has 1 aromatic heterocycles. The number of H-pyrrole nitrogens is 1. The predicted molar refractivity (Wildman–Crippen MR) is 132 cm³/mol. The second-order valence-electron chi connectivity index (χ2n) is 8.06. The number of aromatic hydroxyl groups is 1. The van der Waals surface area contributed by atoms with Gasteiger partial charge in [-0.1, -0.05) is 12.1 Å². The Balaban J connectivity index is 2.18. The van der Waals surface area contributed by atoms with Crippen molar-refractivity contribution in [3.8, 4) is 5.75 Å². The lowest BCUT2D eigenvalue weighted by atomic mass is 10.0. The minimum atomic E-state index is -1.66. The maximum Gasteiger partial charge on any atom is 0.326 e. The predicted octanol–water partition coefficient (Wildman–Crippen LogP) is -1.83.